The lowest BCUT2D eigenvalue weighted by Crippen LogP contribution is -2.26. The minimum absolute atomic E-state index is 0.0540. The summed E-state index contributed by atoms with van der Waals surface area (Å²) in [5.74, 6) is -0.00949. The SMILES string of the molecule is CN1CCC(=O)c2ccccc2C1=O. The van der Waals surface area contributed by atoms with Crippen LogP contribution in [0, 0.1) is 0 Å². The van der Waals surface area contributed by atoms with Gasteiger partial charge in [0.1, 0.15) is 0 Å². The third-order valence-electron chi connectivity index (χ3n) is 2.48. The summed E-state index contributed by atoms with van der Waals surface area (Å²) in [4.78, 5) is 25.0. The summed E-state index contributed by atoms with van der Waals surface area (Å²) in [6.45, 7) is 0.506. The number of ketones is 1. The van der Waals surface area contributed by atoms with Crippen molar-refractivity contribution in [1.82, 2.24) is 4.90 Å². The predicted molar refractivity (Wildman–Crippen MR) is 52.4 cm³/mol. The van der Waals surface area contributed by atoms with Crippen LogP contribution in [0.3, 0.4) is 0 Å². The lowest BCUT2D eigenvalue weighted by molar-refractivity contribution is 0.0798. The van der Waals surface area contributed by atoms with Crippen molar-refractivity contribution in [2.45, 2.75) is 6.42 Å². The average Bonchev–Trinajstić information content (AvgIpc) is 2.33. The molecule has 1 amide bonds. The van der Waals surface area contributed by atoms with Crippen LogP contribution < -0.4 is 0 Å². The van der Waals surface area contributed by atoms with Crippen molar-refractivity contribution in [3.05, 3.63) is 35.4 Å². The molecule has 1 aliphatic heterocycles. The Morgan fingerprint density at radius 3 is 2.50 bits per heavy atom. The van der Waals surface area contributed by atoms with Crippen LogP contribution in [0.5, 0.6) is 0 Å². The summed E-state index contributed by atoms with van der Waals surface area (Å²) in [6, 6.07) is 6.99. The lowest BCUT2D eigenvalue weighted by Gasteiger charge is -2.13. The van der Waals surface area contributed by atoms with Gasteiger partial charge in [0.25, 0.3) is 5.91 Å². The Bertz CT molecular complexity index is 398. The van der Waals surface area contributed by atoms with Crippen molar-refractivity contribution in [2.75, 3.05) is 13.6 Å². The first-order chi connectivity index (χ1) is 6.70. The second-order valence-electron chi connectivity index (χ2n) is 3.45. The van der Waals surface area contributed by atoms with Gasteiger partial charge in [0, 0.05) is 25.6 Å². The Hall–Kier alpha value is -1.64. The van der Waals surface area contributed by atoms with Crippen molar-refractivity contribution in [3.8, 4) is 0 Å². The molecule has 0 N–H and O–H groups in total. The predicted octanol–water partition coefficient (Wildman–Crippen LogP) is 1.34. The largest absolute Gasteiger partial charge is 0.341 e. The second kappa shape index (κ2) is 3.25. The van der Waals surface area contributed by atoms with Gasteiger partial charge >= 0.3 is 0 Å². The molecule has 0 saturated heterocycles. The first-order valence-electron chi connectivity index (χ1n) is 4.58. The standard InChI is InChI=1S/C11H11NO2/c1-12-7-6-10(13)8-4-2-3-5-9(8)11(12)14/h2-5H,6-7H2,1H3. The van der Waals surface area contributed by atoms with Gasteiger partial charge in [0.15, 0.2) is 5.78 Å². The molecule has 0 spiro atoms. The number of nitrogens with zero attached hydrogens (tertiary/aromatic N) is 1. The molecule has 1 heterocycles. The van der Waals surface area contributed by atoms with Crippen molar-refractivity contribution >= 4 is 11.7 Å². The molecule has 0 atom stereocenters. The highest BCUT2D eigenvalue weighted by Gasteiger charge is 2.23. The molecule has 0 saturated carbocycles. The third kappa shape index (κ3) is 1.31. The minimum atomic E-state index is -0.0635. The highest BCUT2D eigenvalue weighted by molar-refractivity contribution is 6.09. The fraction of sp³-hybridized carbons (Fsp3) is 0.273. The number of carbonyl (C=O) groups excluding carboxylic acids is 2. The molecule has 0 unspecified atom stereocenters. The van der Waals surface area contributed by atoms with Crippen molar-refractivity contribution in [3.63, 3.8) is 0 Å². The summed E-state index contributed by atoms with van der Waals surface area (Å²) < 4.78 is 0. The van der Waals surface area contributed by atoms with Crippen LogP contribution >= 0.6 is 0 Å². The topological polar surface area (TPSA) is 37.4 Å². The van der Waals surface area contributed by atoms with Crippen LogP contribution in [0.15, 0.2) is 24.3 Å². The van der Waals surface area contributed by atoms with E-state index in [9.17, 15) is 9.59 Å². The molecule has 1 aromatic carbocycles. The number of amides is 1. The number of hydrogen-bond donors (Lipinski definition) is 0. The van der Waals surface area contributed by atoms with Gasteiger partial charge in [0.2, 0.25) is 0 Å². The zero-order chi connectivity index (χ0) is 10.1. The molecule has 3 heteroatoms. The fourth-order valence-corrected chi connectivity index (χ4v) is 1.62. The molecule has 0 fully saturated rings. The molecule has 14 heavy (non-hydrogen) atoms. The molecule has 0 aromatic heterocycles. The molecule has 72 valence electrons. The quantitative estimate of drug-likeness (QED) is 0.617. The van der Waals surface area contributed by atoms with Gasteiger partial charge in [-0.15, -0.1) is 0 Å². The van der Waals surface area contributed by atoms with E-state index in [2.05, 4.69) is 0 Å². The molecule has 0 aliphatic carbocycles. The van der Waals surface area contributed by atoms with E-state index < -0.39 is 0 Å². The molecule has 0 bridgehead atoms. The van der Waals surface area contributed by atoms with E-state index in [1.54, 1.807) is 36.2 Å². The number of hydrogen-bond acceptors (Lipinski definition) is 2. The van der Waals surface area contributed by atoms with Crippen LogP contribution in [0.2, 0.25) is 0 Å². The van der Waals surface area contributed by atoms with Gasteiger partial charge in [-0.1, -0.05) is 18.2 Å². The van der Waals surface area contributed by atoms with Crippen molar-refractivity contribution in [2.24, 2.45) is 0 Å². The fourth-order valence-electron chi connectivity index (χ4n) is 1.62. The van der Waals surface area contributed by atoms with E-state index in [0.29, 0.717) is 24.1 Å². The Morgan fingerprint density at radius 2 is 1.79 bits per heavy atom. The first-order valence-corrected chi connectivity index (χ1v) is 4.58. The second-order valence-corrected chi connectivity index (χ2v) is 3.45. The van der Waals surface area contributed by atoms with Crippen molar-refractivity contribution in [1.29, 1.82) is 0 Å². The summed E-state index contributed by atoms with van der Waals surface area (Å²) >= 11 is 0. The number of carbonyl (C=O) groups is 2. The van der Waals surface area contributed by atoms with Gasteiger partial charge in [-0.05, 0) is 6.07 Å². The van der Waals surface area contributed by atoms with Gasteiger partial charge in [-0.2, -0.15) is 0 Å². The monoisotopic (exact) mass is 189 g/mol. The Balaban J connectivity index is 2.57. The molecular weight excluding hydrogens is 178 g/mol. The van der Waals surface area contributed by atoms with E-state index >= 15 is 0 Å². The number of rotatable bonds is 0. The van der Waals surface area contributed by atoms with Gasteiger partial charge in [-0.3, -0.25) is 9.59 Å². The van der Waals surface area contributed by atoms with E-state index in [4.69, 9.17) is 0 Å². The third-order valence-corrected chi connectivity index (χ3v) is 2.48. The van der Waals surface area contributed by atoms with Crippen LogP contribution in [-0.4, -0.2) is 30.2 Å². The van der Waals surface area contributed by atoms with Crippen molar-refractivity contribution < 1.29 is 9.59 Å². The van der Waals surface area contributed by atoms with Crippen LogP contribution in [0.25, 0.3) is 0 Å². The Morgan fingerprint density at radius 1 is 1.14 bits per heavy atom. The molecule has 3 nitrogen and oxygen atoms in total. The number of benzene rings is 1. The normalized spacial score (nSPS) is 16.5. The van der Waals surface area contributed by atoms with Crippen LogP contribution in [0.1, 0.15) is 27.1 Å². The molecule has 1 aliphatic rings. The molecular formula is C11H11NO2. The molecule has 2 rings (SSSR count). The molecule has 1 aromatic rings. The van der Waals surface area contributed by atoms with Crippen LogP contribution in [0.4, 0.5) is 0 Å². The highest BCUT2D eigenvalue weighted by Crippen LogP contribution is 2.17. The smallest absolute Gasteiger partial charge is 0.254 e. The van der Waals surface area contributed by atoms with Gasteiger partial charge < -0.3 is 4.90 Å². The summed E-state index contributed by atoms with van der Waals surface area (Å²) in [5.41, 5.74) is 1.08. The zero-order valence-electron chi connectivity index (χ0n) is 7.99. The van der Waals surface area contributed by atoms with Crippen LogP contribution in [-0.2, 0) is 0 Å². The Labute approximate surface area is 82.3 Å². The lowest BCUT2D eigenvalue weighted by atomic mass is 10.0. The maximum absolute atomic E-state index is 11.8. The summed E-state index contributed by atoms with van der Waals surface area (Å²) in [6.07, 6.45) is 0.416. The maximum Gasteiger partial charge on any atom is 0.254 e. The van der Waals surface area contributed by atoms with E-state index in [-0.39, 0.29) is 11.7 Å². The minimum Gasteiger partial charge on any atom is -0.341 e. The van der Waals surface area contributed by atoms with E-state index in [0.717, 1.165) is 0 Å². The summed E-state index contributed by atoms with van der Waals surface area (Å²) in [7, 11) is 1.72. The van der Waals surface area contributed by atoms with E-state index in [1.165, 1.54) is 0 Å². The molecule has 0 radical (unpaired) electrons. The number of Topliss-reactive ketones (excluding diaryl/α,β-unsaturated/α-hetero) is 1. The maximum atomic E-state index is 11.8. The first kappa shape index (κ1) is 8.94. The van der Waals surface area contributed by atoms with E-state index in [1.807, 2.05) is 0 Å². The highest BCUT2D eigenvalue weighted by atomic mass is 16.2. The Kier molecular flexibility index (Phi) is 2.08. The van der Waals surface area contributed by atoms with Gasteiger partial charge in [-0.25, -0.2) is 0 Å². The average molecular weight is 189 g/mol. The summed E-state index contributed by atoms with van der Waals surface area (Å²) in [5, 5.41) is 0. The number of fused-ring (bicyclic) bond motifs is 1. The zero-order valence-corrected chi connectivity index (χ0v) is 7.99. The van der Waals surface area contributed by atoms with Gasteiger partial charge in [0.05, 0.1) is 5.56 Å².